The van der Waals surface area contributed by atoms with Crippen LogP contribution in [0.15, 0.2) is 5.51 Å². The highest BCUT2D eigenvalue weighted by atomic mass is 32.1. The Hall–Kier alpha value is -0.940. The van der Waals surface area contributed by atoms with Crippen LogP contribution in [0.5, 0.6) is 0 Å². The first-order chi connectivity index (χ1) is 6.79. The van der Waals surface area contributed by atoms with Crippen LogP contribution in [0.4, 0.5) is 0 Å². The summed E-state index contributed by atoms with van der Waals surface area (Å²) < 4.78 is 0. The average molecular weight is 212 g/mol. The minimum atomic E-state index is -0.846. The molecule has 2 rings (SSSR count). The number of carboxylic acids is 1. The van der Waals surface area contributed by atoms with Gasteiger partial charge in [-0.3, -0.25) is 0 Å². The molecule has 0 aliphatic carbocycles. The number of thiazole rings is 1. The van der Waals surface area contributed by atoms with Gasteiger partial charge in [-0.15, -0.1) is 11.3 Å². The van der Waals surface area contributed by atoms with E-state index in [0.717, 1.165) is 31.6 Å². The molecule has 0 atom stereocenters. The summed E-state index contributed by atoms with van der Waals surface area (Å²) in [6, 6.07) is 0. The van der Waals surface area contributed by atoms with Crippen molar-refractivity contribution >= 4 is 17.3 Å². The van der Waals surface area contributed by atoms with Gasteiger partial charge in [0.05, 0.1) is 11.2 Å². The fourth-order valence-electron chi connectivity index (χ4n) is 1.80. The van der Waals surface area contributed by atoms with Crippen LogP contribution < -0.4 is 5.32 Å². The summed E-state index contributed by atoms with van der Waals surface area (Å²) in [7, 11) is 0. The number of piperidine rings is 1. The van der Waals surface area contributed by atoms with Crippen LogP contribution >= 0.6 is 11.3 Å². The lowest BCUT2D eigenvalue weighted by atomic mass is 9.94. The summed E-state index contributed by atoms with van der Waals surface area (Å²) in [5, 5.41) is 12.2. The average Bonchev–Trinajstić information content (AvgIpc) is 2.67. The lowest BCUT2D eigenvalue weighted by Gasteiger charge is -2.21. The zero-order valence-corrected chi connectivity index (χ0v) is 8.51. The number of aromatic carboxylic acids is 1. The molecule has 5 heteroatoms. The standard InChI is InChI=1S/C9H12N2O2S/c12-9(13)8-7(11-5-14-8)6-1-3-10-4-2-6/h5-6,10H,1-4H2,(H,12,13). The third-order valence-corrected chi connectivity index (χ3v) is 3.35. The maximum atomic E-state index is 10.9. The summed E-state index contributed by atoms with van der Waals surface area (Å²) in [5.41, 5.74) is 2.41. The van der Waals surface area contributed by atoms with E-state index in [1.165, 1.54) is 11.3 Å². The number of hydrogen-bond donors (Lipinski definition) is 2. The molecule has 1 aromatic heterocycles. The van der Waals surface area contributed by atoms with Crippen molar-refractivity contribution in [1.29, 1.82) is 0 Å². The van der Waals surface area contributed by atoms with E-state index in [2.05, 4.69) is 10.3 Å². The number of hydrogen-bond acceptors (Lipinski definition) is 4. The topological polar surface area (TPSA) is 62.2 Å². The first-order valence-corrected chi connectivity index (χ1v) is 5.54. The third kappa shape index (κ3) is 1.78. The molecule has 0 unspecified atom stereocenters. The lowest BCUT2D eigenvalue weighted by Crippen LogP contribution is -2.27. The largest absolute Gasteiger partial charge is 0.477 e. The van der Waals surface area contributed by atoms with Gasteiger partial charge in [-0.25, -0.2) is 9.78 Å². The molecular formula is C9H12N2O2S. The van der Waals surface area contributed by atoms with E-state index in [1.54, 1.807) is 5.51 Å². The third-order valence-electron chi connectivity index (χ3n) is 2.52. The summed E-state index contributed by atoms with van der Waals surface area (Å²) >= 11 is 1.22. The van der Waals surface area contributed by atoms with Gasteiger partial charge in [0.2, 0.25) is 0 Å². The zero-order chi connectivity index (χ0) is 9.97. The minimum absolute atomic E-state index is 0.327. The van der Waals surface area contributed by atoms with Gasteiger partial charge in [-0.05, 0) is 25.9 Å². The molecule has 2 N–H and O–H groups in total. The number of aromatic nitrogens is 1. The van der Waals surface area contributed by atoms with Crippen LogP contribution in [0.2, 0.25) is 0 Å². The molecule has 0 radical (unpaired) electrons. The van der Waals surface area contributed by atoms with E-state index in [-0.39, 0.29) is 0 Å². The van der Waals surface area contributed by atoms with Crippen LogP contribution in [0.1, 0.15) is 34.1 Å². The number of nitrogens with one attached hydrogen (secondary N) is 1. The van der Waals surface area contributed by atoms with E-state index in [9.17, 15) is 4.79 Å². The van der Waals surface area contributed by atoms with E-state index < -0.39 is 5.97 Å². The maximum absolute atomic E-state index is 10.9. The van der Waals surface area contributed by atoms with Gasteiger partial charge in [0.1, 0.15) is 4.88 Å². The Morgan fingerprint density at radius 1 is 1.57 bits per heavy atom. The summed E-state index contributed by atoms with van der Waals surface area (Å²) in [4.78, 5) is 15.5. The van der Waals surface area contributed by atoms with Crippen molar-refractivity contribution in [1.82, 2.24) is 10.3 Å². The molecule has 4 nitrogen and oxygen atoms in total. The monoisotopic (exact) mass is 212 g/mol. The normalized spacial score (nSPS) is 18.3. The second-order valence-corrected chi connectivity index (χ2v) is 4.25. The Morgan fingerprint density at radius 3 is 2.93 bits per heavy atom. The molecule has 1 aromatic rings. The van der Waals surface area contributed by atoms with E-state index in [1.807, 2.05) is 0 Å². The highest BCUT2D eigenvalue weighted by Gasteiger charge is 2.23. The zero-order valence-electron chi connectivity index (χ0n) is 7.69. The molecule has 1 aliphatic heterocycles. The second-order valence-electron chi connectivity index (χ2n) is 3.40. The Balaban J connectivity index is 2.21. The van der Waals surface area contributed by atoms with Crippen LogP contribution in [0.3, 0.4) is 0 Å². The van der Waals surface area contributed by atoms with Crippen LogP contribution in [-0.2, 0) is 0 Å². The van der Waals surface area contributed by atoms with Crippen molar-refractivity contribution < 1.29 is 9.90 Å². The fraction of sp³-hybridized carbons (Fsp3) is 0.556. The summed E-state index contributed by atoms with van der Waals surface area (Å²) in [6.45, 7) is 1.92. The molecule has 2 heterocycles. The molecule has 1 aliphatic rings. The quantitative estimate of drug-likeness (QED) is 0.776. The van der Waals surface area contributed by atoms with Crippen LogP contribution in [0, 0.1) is 0 Å². The molecule has 0 saturated carbocycles. The first kappa shape index (κ1) is 9.61. The molecule has 0 bridgehead atoms. The number of nitrogens with zero attached hydrogens (tertiary/aromatic N) is 1. The predicted octanol–water partition coefficient (Wildman–Crippen LogP) is 1.31. The highest BCUT2D eigenvalue weighted by molar-refractivity contribution is 7.11. The van der Waals surface area contributed by atoms with Crippen molar-refractivity contribution in [3.63, 3.8) is 0 Å². The molecule has 0 amide bonds. The van der Waals surface area contributed by atoms with Crippen molar-refractivity contribution in [3.05, 3.63) is 16.1 Å². The van der Waals surface area contributed by atoms with E-state index >= 15 is 0 Å². The fourth-order valence-corrected chi connectivity index (χ4v) is 2.51. The maximum Gasteiger partial charge on any atom is 0.347 e. The van der Waals surface area contributed by atoms with Crippen LogP contribution in [-0.4, -0.2) is 29.1 Å². The predicted molar refractivity (Wildman–Crippen MR) is 53.9 cm³/mol. The number of carboxylic acid groups (broad SMARTS) is 1. The SMILES string of the molecule is O=C(O)c1scnc1C1CCNCC1. The highest BCUT2D eigenvalue weighted by Crippen LogP contribution is 2.28. The molecular weight excluding hydrogens is 200 g/mol. The molecule has 76 valence electrons. The lowest BCUT2D eigenvalue weighted by molar-refractivity contribution is 0.0700. The van der Waals surface area contributed by atoms with E-state index in [0.29, 0.717) is 10.8 Å². The van der Waals surface area contributed by atoms with Crippen molar-refractivity contribution in [2.24, 2.45) is 0 Å². The molecule has 14 heavy (non-hydrogen) atoms. The first-order valence-electron chi connectivity index (χ1n) is 4.66. The van der Waals surface area contributed by atoms with Gasteiger partial charge in [-0.2, -0.15) is 0 Å². The Kier molecular flexibility index (Phi) is 2.79. The van der Waals surface area contributed by atoms with Gasteiger partial charge >= 0.3 is 5.97 Å². The molecule has 0 aromatic carbocycles. The summed E-state index contributed by atoms with van der Waals surface area (Å²) in [6.07, 6.45) is 1.98. The van der Waals surface area contributed by atoms with Gasteiger partial charge in [0.15, 0.2) is 0 Å². The number of rotatable bonds is 2. The second kappa shape index (κ2) is 4.06. The van der Waals surface area contributed by atoms with Gasteiger partial charge in [0, 0.05) is 5.92 Å². The minimum Gasteiger partial charge on any atom is -0.477 e. The van der Waals surface area contributed by atoms with Crippen molar-refractivity contribution in [2.75, 3.05) is 13.1 Å². The van der Waals surface area contributed by atoms with Crippen LogP contribution in [0.25, 0.3) is 0 Å². The molecule has 1 saturated heterocycles. The van der Waals surface area contributed by atoms with Gasteiger partial charge in [-0.1, -0.05) is 0 Å². The van der Waals surface area contributed by atoms with Gasteiger partial charge in [0.25, 0.3) is 0 Å². The Morgan fingerprint density at radius 2 is 2.29 bits per heavy atom. The van der Waals surface area contributed by atoms with E-state index in [4.69, 9.17) is 5.11 Å². The molecule has 1 fully saturated rings. The van der Waals surface area contributed by atoms with Crippen molar-refractivity contribution in [2.45, 2.75) is 18.8 Å². The Labute approximate surface area is 86.0 Å². The van der Waals surface area contributed by atoms with Gasteiger partial charge < -0.3 is 10.4 Å². The Bertz CT molecular complexity index is 331. The molecule has 0 spiro atoms. The van der Waals surface area contributed by atoms with Crippen molar-refractivity contribution in [3.8, 4) is 0 Å². The smallest absolute Gasteiger partial charge is 0.347 e. The number of carbonyl (C=O) groups is 1. The summed E-state index contributed by atoms with van der Waals surface area (Å²) in [5.74, 6) is -0.519.